The summed E-state index contributed by atoms with van der Waals surface area (Å²) in [7, 11) is 0. The predicted molar refractivity (Wildman–Crippen MR) is 81.1 cm³/mol. The zero-order chi connectivity index (χ0) is 13.4. The van der Waals surface area contributed by atoms with Crippen LogP contribution in [0.25, 0.3) is 0 Å². The SMILES string of the molecule is O=C(c1ccc(Cl)c(Br)c1)c1ccc2c(c1)CCC2. The van der Waals surface area contributed by atoms with E-state index in [2.05, 4.69) is 22.0 Å². The maximum Gasteiger partial charge on any atom is 0.193 e. The summed E-state index contributed by atoms with van der Waals surface area (Å²) in [5.41, 5.74) is 4.12. The topological polar surface area (TPSA) is 17.1 Å². The molecule has 2 aromatic rings. The molecular formula is C16H12BrClO. The maximum absolute atomic E-state index is 12.4. The smallest absolute Gasteiger partial charge is 0.193 e. The molecule has 96 valence electrons. The Labute approximate surface area is 125 Å². The van der Waals surface area contributed by atoms with Gasteiger partial charge in [-0.3, -0.25) is 4.79 Å². The molecule has 0 amide bonds. The number of ketones is 1. The van der Waals surface area contributed by atoms with E-state index in [1.807, 2.05) is 12.1 Å². The van der Waals surface area contributed by atoms with Crippen LogP contribution in [0.5, 0.6) is 0 Å². The highest BCUT2D eigenvalue weighted by molar-refractivity contribution is 9.10. The summed E-state index contributed by atoms with van der Waals surface area (Å²) in [5, 5.41) is 0.616. The minimum absolute atomic E-state index is 0.0482. The number of rotatable bonds is 2. The highest BCUT2D eigenvalue weighted by Crippen LogP contribution is 2.26. The Morgan fingerprint density at radius 3 is 2.47 bits per heavy atom. The second-order valence-corrected chi connectivity index (χ2v) is 6.06. The molecule has 3 heteroatoms. The van der Waals surface area contributed by atoms with E-state index in [1.54, 1.807) is 18.2 Å². The van der Waals surface area contributed by atoms with E-state index in [0.717, 1.165) is 22.9 Å². The molecule has 0 fully saturated rings. The van der Waals surface area contributed by atoms with Crippen molar-refractivity contribution in [1.29, 1.82) is 0 Å². The van der Waals surface area contributed by atoms with Crippen LogP contribution in [0.3, 0.4) is 0 Å². The number of hydrogen-bond acceptors (Lipinski definition) is 1. The third-order valence-electron chi connectivity index (χ3n) is 3.54. The molecule has 1 aliphatic carbocycles. The van der Waals surface area contributed by atoms with Gasteiger partial charge in [-0.1, -0.05) is 23.7 Å². The Bertz CT molecular complexity index is 664. The minimum atomic E-state index is 0.0482. The number of carbonyl (C=O) groups is 1. The Morgan fingerprint density at radius 2 is 1.68 bits per heavy atom. The fraction of sp³-hybridized carbons (Fsp3) is 0.188. The second kappa shape index (κ2) is 5.10. The zero-order valence-corrected chi connectivity index (χ0v) is 12.6. The number of hydrogen-bond donors (Lipinski definition) is 0. The van der Waals surface area contributed by atoms with Crippen molar-refractivity contribution in [3.8, 4) is 0 Å². The van der Waals surface area contributed by atoms with Crippen LogP contribution in [0.2, 0.25) is 5.02 Å². The summed E-state index contributed by atoms with van der Waals surface area (Å²) in [4.78, 5) is 12.4. The molecular weight excluding hydrogens is 324 g/mol. The van der Waals surface area contributed by atoms with Gasteiger partial charge in [0.2, 0.25) is 0 Å². The van der Waals surface area contributed by atoms with E-state index >= 15 is 0 Å². The van der Waals surface area contributed by atoms with E-state index in [1.165, 1.54) is 17.5 Å². The van der Waals surface area contributed by atoms with Gasteiger partial charge in [0, 0.05) is 15.6 Å². The van der Waals surface area contributed by atoms with Crippen LogP contribution in [0.4, 0.5) is 0 Å². The summed E-state index contributed by atoms with van der Waals surface area (Å²) in [6.45, 7) is 0. The lowest BCUT2D eigenvalue weighted by molar-refractivity contribution is 0.103. The van der Waals surface area contributed by atoms with Crippen molar-refractivity contribution in [3.05, 3.63) is 68.1 Å². The van der Waals surface area contributed by atoms with Crippen molar-refractivity contribution < 1.29 is 4.79 Å². The molecule has 2 aromatic carbocycles. The normalized spacial score (nSPS) is 13.4. The number of halogens is 2. The summed E-state index contributed by atoms with van der Waals surface area (Å²) in [5.74, 6) is 0.0482. The van der Waals surface area contributed by atoms with Crippen molar-refractivity contribution in [2.24, 2.45) is 0 Å². The molecule has 0 spiro atoms. The van der Waals surface area contributed by atoms with Crippen LogP contribution in [-0.4, -0.2) is 5.78 Å². The Hall–Kier alpha value is -1.12. The first-order valence-electron chi connectivity index (χ1n) is 6.27. The van der Waals surface area contributed by atoms with Gasteiger partial charge in [0.25, 0.3) is 0 Å². The lowest BCUT2D eigenvalue weighted by atomic mass is 9.99. The predicted octanol–water partition coefficient (Wildman–Crippen LogP) is 4.82. The molecule has 1 aliphatic rings. The largest absolute Gasteiger partial charge is 0.289 e. The van der Waals surface area contributed by atoms with E-state index < -0.39 is 0 Å². The monoisotopic (exact) mass is 334 g/mol. The zero-order valence-electron chi connectivity index (χ0n) is 10.2. The highest BCUT2D eigenvalue weighted by Gasteiger charge is 2.15. The first-order valence-corrected chi connectivity index (χ1v) is 7.44. The average molecular weight is 336 g/mol. The van der Waals surface area contributed by atoms with Crippen LogP contribution < -0.4 is 0 Å². The molecule has 0 saturated carbocycles. The second-order valence-electron chi connectivity index (χ2n) is 4.80. The molecule has 1 nitrogen and oxygen atoms in total. The van der Waals surface area contributed by atoms with E-state index in [-0.39, 0.29) is 5.78 Å². The van der Waals surface area contributed by atoms with Crippen molar-refractivity contribution in [2.45, 2.75) is 19.3 Å². The van der Waals surface area contributed by atoms with Gasteiger partial charge in [-0.2, -0.15) is 0 Å². The molecule has 0 radical (unpaired) electrons. The quantitative estimate of drug-likeness (QED) is 0.719. The average Bonchev–Trinajstić information content (AvgIpc) is 2.88. The van der Waals surface area contributed by atoms with E-state index in [0.29, 0.717) is 10.6 Å². The third-order valence-corrected chi connectivity index (χ3v) is 4.76. The van der Waals surface area contributed by atoms with Crippen molar-refractivity contribution in [1.82, 2.24) is 0 Å². The fourth-order valence-electron chi connectivity index (χ4n) is 2.52. The van der Waals surface area contributed by atoms with Crippen LogP contribution in [-0.2, 0) is 12.8 Å². The molecule has 0 aliphatic heterocycles. The van der Waals surface area contributed by atoms with Gasteiger partial charge in [0.15, 0.2) is 5.78 Å². The lowest BCUT2D eigenvalue weighted by Gasteiger charge is -2.05. The maximum atomic E-state index is 12.4. The van der Waals surface area contributed by atoms with Gasteiger partial charge in [-0.15, -0.1) is 0 Å². The van der Waals surface area contributed by atoms with Gasteiger partial charge in [0.05, 0.1) is 5.02 Å². The summed E-state index contributed by atoms with van der Waals surface area (Å²) in [6.07, 6.45) is 3.41. The molecule has 0 bridgehead atoms. The Morgan fingerprint density at radius 1 is 1.00 bits per heavy atom. The van der Waals surface area contributed by atoms with Crippen LogP contribution in [0, 0.1) is 0 Å². The minimum Gasteiger partial charge on any atom is -0.289 e. The van der Waals surface area contributed by atoms with Crippen molar-refractivity contribution in [2.75, 3.05) is 0 Å². The Balaban J connectivity index is 1.97. The van der Waals surface area contributed by atoms with Crippen molar-refractivity contribution >= 4 is 33.3 Å². The standard InChI is InChI=1S/C16H12BrClO/c17-14-9-13(6-7-15(14)18)16(19)12-5-4-10-2-1-3-11(10)8-12/h4-9H,1-3H2. The molecule has 0 N–H and O–H groups in total. The van der Waals surface area contributed by atoms with Gasteiger partial charge in [-0.05, 0) is 70.6 Å². The van der Waals surface area contributed by atoms with Gasteiger partial charge >= 0.3 is 0 Å². The lowest BCUT2D eigenvalue weighted by Crippen LogP contribution is -2.02. The number of carbonyl (C=O) groups excluding carboxylic acids is 1. The number of fused-ring (bicyclic) bond motifs is 1. The molecule has 3 rings (SSSR count). The van der Waals surface area contributed by atoms with Gasteiger partial charge in [0.1, 0.15) is 0 Å². The first kappa shape index (κ1) is 12.9. The summed E-state index contributed by atoms with van der Waals surface area (Å²) < 4.78 is 0.751. The number of benzene rings is 2. The molecule has 0 heterocycles. The first-order chi connectivity index (χ1) is 9.15. The van der Waals surface area contributed by atoms with Crippen LogP contribution in [0.1, 0.15) is 33.5 Å². The summed E-state index contributed by atoms with van der Waals surface area (Å²) in [6, 6.07) is 11.3. The van der Waals surface area contributed by atoms with E-state index in [9.17, 15) is 4.79 Å². The van der Waals surface area contributed by atoms with E-state index in [4.69, 9.17) is 11.6 Å². The third kappa shape index (κ3) is 2.47. The molecule has 0 atom stereocenters. The van der Waals surface area contributed by atoms with Gasteiger partial charge in [-0.25, -0.2) is 0 Å². The van der Waals surface area contributed by atoms with Gasteiger partial charge < -0.3 is 0 Å². The Kier molecular flexibility index (Phi) is 3.46. The highest BCUT2D eigenvalue weighted by atomic mass is 79.9. The molecule has 0 unspecified atom stereocenters. The van der Waals surface area contributed by atoms with Crippen LogP contribution in [0.15, 0.2) is 40.9 Å². The molecule has 0 saturated heterocycles. The van der Waals surface area contributed by atoms with Crippen LogP contribution >= 0.6 is 27.5 Å². The summed E-state index contributed by atoms with van der Waals surface area (Å²) >= 11 is 9.30. The van der Waals surface area contributed by atoms with Crippen molar-refractivity contribution in [3.63, 3.8) is 0 Å². The molecule has 0 aromatic heterocycles. The number of aryl methyl sites for hydroxylation is 2. The molecule has 19 heavy (non-hydrogen) atoms. The fourth-order valence-corrected chi connectivity index (χ4v) is 3.01.